The molecule has 0 aliphatic heterocycles. The first-order valence-corrected chi connectivity index (χ1v) is 9.45. The molecule has 5 rings (SSSR count). The third-order valence-corrected chi connectivity index (χ3v) is 5.38. The number of rotatable bonds is 5. The standard InChI is InChI=1S/C18H20N10/c1-12(18-23-19-11-27(18)15-4-2-3-5-15)28-10-16(20-26-28)13-6-8-14(9-7-13)17-21-24-25-22-17/h6-12,15H,2-5H2,1H3,(H,21,22,24,25)/t12-/m0/s1. The van der Waals surface area contributed by atoms with Crippen LogP contribution in [0.15, 0.2) is 36.8 Å². The molecule has 0 saturated heterocycles. The summed E-state index contributed by atoms with van der Waals surface area (Å²) in [7, 11) is 0. The Balaban J connectivity index is 1.38. The van der Waals surface area contributed by atoms with Gasteiger partial charge in [0.1, 0.15) is 18.1 Å². The van der Waals surface area contributed by atoms with E-state index >= 15 is 0 Å². The first-order chi connectivity index (χ1) is 13.8. The lowest BCUT2D eigenvalue weighted by Gasteiger charge is -2.17. The van der Waals surface area contributed by atoms with Crippen molar-refractivity contribution in [2.75, 3.05) is 0 Å². The number of nitrogens with zero attached hydrogens (tertiary/aromatic N) is 9. The third kappa shape index (κ3) is 2.96. The number of benzene rings is 1. The molecule has 28 heavy (non-hydrogen) atoms. The van der Waals surface area contributed by atoms with Gasteiger partial charge in [0, 0.05) is 17.2 Å². The molecule has 0 unspecified atom stereocenters. The highest BCUT2D eigenvalue weighted by atomic mass is 15.5. The fourth-order valence-electron chi connectivity index (χ4n) is 3.81. The van der Waals surface area contributed by atoms with E-state index in [0.29, 0.717) is 11.9 Å². The molecule has 10 heteroatoms. The van der Waals surface area contributed by atoms with Gasteiger partial charge in [-0.3, -0.25) is 0 Å². The number of tetrazole rings is 1. The minimum absolute atomic E-state index is 0.0389. The SMILES string of the molecule is C[C@@H](c1nncn1C1CCCC1)n1cc(-c2ccc(-c3nn[nH]n3)cc2)nn1. The zero-order valence-corrected chi connectivity index (χ0v) is 15.5. The summed E-state index contributed by atoms with van der Waals surface area (Å²) in [5.74, 6) is 1.49. The molecule has 4 aromatic rings. The molecule has 142 valence electrons. The van der Waals surface area contributed by atoms with Crippen LogP contribution in [0.3, 0.4) is 0 Å². The second kappa shape index (κ2) is 6.95. The van der Waals surface area contributed by atoms with Crippen LogP contribution in [0, 0.1) is 0 Å². The van der Waals surface area contributed by atoms with Crippen LogP contribution in [0.1, 0.15) is 50.5 Å². The van der Waals surface area contributed by atoms with E-state index in [1.54, 1.807) is 0 Å². The van der Waals surface area contributed by atoms with Crippen molar-refractivity contribution in [3.63, 3.8) is 0 Å². The van der Waals surface area contributed by atoms with E-state index in [1.165, 1.54) is 25.7 Å². The van der Waals surface area contributed by atoms with Crippen molar-refractivity contribution in [1.29, 1.82) is 0 Å². The van der Waals surface area contributed by atoms with Gasteiger partial charge >= 0.3 is 0 Å². The molecular weight excluding hydrogens is 356 g/mol. The molecular formula is C18H20N10. The summed E-state index contributed by atoms with van der Waals surface area (Å²) in [5.41, 5.74) is 2.67. The molecule has 0 bridgehead atoms. The molecule has 1 atom stereocenters. The van der Waals surface area contributed by atoms with Crippen molar-refractivity contribution in [3.8, 4) is 22.6 Å². The molecule has 10 nitrogen and oxygen atoms in total. The largest absolute Gasteiger partial charge is 0.313 e. The first kappa shape index (κ1) is 16.7. The molecule has 1 aromatic carbocycles. The predicted octanol–water partition coefficient (Wildman–Crippen LogP) is 2.44. The van der Waals surface area contributed by atoms with E-state index < -0.39 is 0 Å². The Hall–Kier alpha value is -3.43. The normalized spacial score (nSPS) is 15.9. The summed E-state index contributed by atoms with van der Waals surface area (Å²) in [6.07, 6.45) is 8.70. The summed E-state index contributed by atoms with van der Waals surface area (Å²) in [5, 5.41) is 31.2. The number of aromatic nitrogens is 10. The van der Waals surface area contributed by atoms with Crippen molar-refractivity contribution < 1.29 is 0 Å². The van der Waals surface area contributed by atoms with Crippen molar-refractivity contribution in [1.82, 2.24) is 50.4 Å². The topological polar surface area (TPSA) is 116 Å². The number of H-pyrrole nitrogens is 1. The van der Waals surface area contributed by atoms with Crippen molar-refractivity contribution in [2.24, 2.45) is 0 Å². The van der Waals surface area contributed by atoms with Gasteiger partial charge in [-0.1, -0.05) is 42.3 Å². The quantitative estimate of drug-likeness (QED) is 0.568. The van der Waals surface area contributed by atoms with E-state index in [9.17, 15) is 0 Å². The second-order valence-corrected chi connectivity index (χ2v) is 7.11. The van der Waals surface area contributed by atoms with E-state index in [1.807, 2.05) is 41.5 Å². The van der Waals surface area contributed by atoms with Crippen LogP contribution < -0.4 is 0 Å². The Morgan fingerprint density at radius 3 is 2.57 bits per heavy atom. The number of hydrogen-bond acceptors (Lipinski definition) is 7. The fourth-order valence-corrected chi connectivity index (χ4v) is 3.81. The van der Waals surface area contributed by atoms with Gasteiger partial charge < -0.3 is 4.57 Å². The molecule has 1 aliphatic carbocycles. The second-order valence-electron chi connectivity index (χ2n) is 7.11. The lowest BCUT2D eigenvalue weighted by molar-refractivity contribution is 0.441. The van der Waals surface area contributed by atoms with E-state index in [-0.39, 0.29) is 6.04 Å². The van der Waals surface area contributed by atoms with Gasteiger partial charge in [0.15, 0.2) is 5.82 Å². The van der Waals surface area contributed by atoms with Crippen LogP contribution in [0.5, 0.6) is 0 Å². The van der Waals surface area contributed by atoms with Crippen LogP contribution >= 0.6 is 0 Å². The highest BCUT2D eigenvalue weighted by Crippen LogP contribution is 2.32. The fraction of sp³-hybridized carbons (Fsp3) is 0.389. The van der Waals surface area contributed by atoms with Gasteiger partial charge in [-0.05, 0) is 25.0 Å². The van der Waals surface area contributed by atoms with Crippen molar-refractivity contribution >= 4 is 0 Å². The number of nitrogens with one attached hydrogen (secondary N) is 1. The van der Waals surface area contributed by atoms with Gasteiger partial charge in [0.25, 0.3) is 0 Å². The minimum atomic E-state index is -0.0389. The Bertz CT molecular complexity index is 1040. The van der Waals surface area contributed by atoms with E-state index in [2.05, 4.69) is 52.6 Å². The van der Waals surface area contributed by atoms with Gasteiger partial charge in [0.2, 0.25) is 5.82 Å². The summed E-state index contributed by atoms with van der Waals surface area (Å²) >= 11 is 0. The average Bonchev–Trinajstić information content (AvgIpc) is 3.53. The zero-order chi connectivity index (χ0) is 18.9. The minimum Gasteiger partial charge on any atom is -0.313 e. The average molecular weight is 376 g/mol. The number of aromatic amines is 1. The Morgan fingerprint density at radius 1 is 1.04 bits per heavy atom. The molecule has 3 aromatic heterocycles. The lowest BCUT2D eigenvalue weighted by atomic mass is 10.1. The maximum atomic E-state index is 4.36. The summed E-state index contributed by atoms with van der Waals surface area (Å²) in [4.78, 5) is 0. The Morgan fingerprint density at radius 2 is 1.82 bits per heavy atom. The third-order valence-electron chi connectivity index (χ3n) is 5.38. The molecule has 1 fully saturated rings. The van der Waals surface area contributed by atoms with Crippen LogP contribution in [-0.2, 0) is 0 Å². The smallest absolute Gasteiger partial charge is 0.204 e. The van der Waals surface area contributed by atoms with Crippen molar-refractivity contribution in [2.45, 2.75) is 44.7 Å². The summed E-state index contributed by atoms with van der Waals surface area (Å²) in [6.45, 7) is 2.08. The zero-order valence-electron chi connectivity index (χ0n) is 15.5. The first-order valence-electron chi connectivity index (χ1n) is 9.45. The molecule has 1 saturated carbocycles. The van der Waals surface area contributed by atoms with Crippen molar-refractivity contribution in [3.05, 3.63) is 42.6 Å². The monoisotopic (exact) mass is 376 g/mol. The van der Waals surface area contributed by atoms with Crippen LogP contribution in [0.25, 0.3) is 22.6 Å². The van der Waals surface area contributed by atoms with Gasteiger partial charge in [-0.15, -0.1) is 25.5 Å². The van der Waals surface area contributed by atoms with Crippen LogP contribution in [-0.4, -0.2) is 50.4 Å². The predicted molar refractivity (Wildman–Crippen MR) is 100.0 cm³/mol. The molecule has 1 aliphatic rings. The highest BCUT2D eigenvalue weighted by Gasteiger charge is 2.24. The highest BCUT2D eigenvalue weighted by molar-refractivity contribution is 5.64. The van der Waals surface area contributed by atoms with Gasteiger partial charge in [0.05, 0.1) is 6.20 Å². The summed E-state index contributed by atoms with van der Waals surface area (Å²) < 4.78 is 4.05. The Kier molecular flexibility index (Phi) is 4.15. The van der Waals surface area contributed by atoms with E-state index in [4.69, 9.17) is 0 Å². The lowest BCUT2D eigenvalue weighted by Crippen LogP contribution is -2.16. The summed E-state index contributed by atoms with van der Waals surface area (Å²) in [6, 6.07) is 8.30. The van der Waals surface area contributed by atoms with Gasteiger partial charge in [-0.2, -0.15) is 5.21 Å². The number of hydrogen-bond donors (Lipinski definition) is 1. The van der Waals surface area contributed by atoms with Gasteiger partial charge in [-0.25, -0.2) is 4.68 Å². The maximum absolute atomic E-state index is 4.36. The van der Waals surface area contributed by atoms with Crippen LogP contribution in [0.4, 0.5) is 0 Å². The molecule has 0 spiro atoms. The molecule has 0 amide bonds. The van der Waals surface area contributed by atoms with Crippen LogP contribution in [0.2, 0.25) is 0 Å². The Labute approximate surface area is 161 Å². The molecule has 1 N–H and O–H groups in total. The maximum Gasteiger partial charge on any atom is 0.204 e. The van der Waals surface area contributed by atoms with E-state index in [0.717, 1.165) is 22.6 Å². The molecule has 0 radical (unpaired) electrons. The molecule has 3 heterocycles.